The molecule has 20 heavy (non-hydrogen) atoms. The summed E-state index contributed by atoms with van der Waals surface area (Å²) in [5.74, 6) is 0.713. The summed E-state index contributed by atoms with van der Waals surface area (Å²) >= 11 is 0. The molecule has 0 fully saturated rings. The Morgan fingerprint density at radius 2 is 2.30 bits per heavy atom. The summed E-state index contributed by atoms with van der Waals surface area (Å²) in [5.41, 5.74) is 0.241. The first-order chi connectivity index (χ1) is 9.70. The van der Waals surface area contributed by atoms with E-state index >= 15 is 0 Å². The molecule has 1 N–H and O–H groups in total. The zero-order valence-corrected chi connectivity index (χ0v) is 11.5. The largest absolute Gasteiger partial charge is 0.494 e. The molecule has 1 aromatic heterocycles. The molecular formula is C15H18N2O3. The summed E-state index contributed by atoms with van der Waals surface area (Å²) in [7, 11) is 0. The fourth-order valence-corrected chi connectivity index (χ4v) is 2.00. The Hall–Kier alpha value is -2.30. The second-order valence-electron chi connectivity index (χ2n) is 4.43. The van der Waals surface area contributed by atoms with Crippen molar-refractivity contribution in [1.29, 1.82) is 0 Å². The highest BCUT2D eigenvalue weighted by atomic mass is 16.5. The zero-order chi connectivity index (χ0) is 14.4. The topological polar surface area (TPSA) is 64.4 Å². The lowest BCUT2D eigenvalue weighted by atomic mass is 10.2. The number of carbonyl (C=O) groups is 1. The fourth-order valence-electron chi connectivity index (χ4n) is 2.00. The van der Waals surface area contributed by atoms with E-state index in [0.29, 0.717) is 12.4 Å². The Morgan fingerprint density at radius 1 is 1.45 bits per heavy atom. The average Bonchev–Trinajstić information content (AvgIpc) is 2.91. The smallest absolute Gasteiger partial charge is 0.335 e. The van der Waals surface area contributed by atoms with Crippen molar-refractivity contribution < 1.29 is 14.6 Å². The minimum Gasteiger partial charge on any atom is -0.494 e. The first-order valence-corrected chi connectivity index (χ1v) is 6.67. The molecule has 0 amide bonds. The number of aromatic carboxylic acids is 1. The van der Waals surface area contributed by atoms with Crippen molar-refractivity contribution in [2.24, 2.45) is 0 Å². The van der Waals surface area contributed by atoms with Crippen LogP contribution < -0.4 is 4.74 Å². The summed E-state index contributed by atoms with van der Waals surface area (Å²) in [6, 6.07) is 6.54. The Morgan fingerprint density at radius 3 is 3.05 bits per heavy atom. The van der Waals surface area contributed by atoms with Gasteiger partial charge in [0.2, 0.25) is 0 Å². The number of nitrogens with zero attached hydrogens (tertiary/aromatic N) is 2. The summed E-state index contributed by atoms with van der Waals surface area (Å²) in [6.45, 7) is 3.47. The molecule has 0 aliphatic rings. The van der Waals surface area contributed by atoms with Crippen LogP contribution in [-0.2, 0) is 13.0 Å². The van der Waals surface area contributed by atoms with Crippen LogP contribution in [0.4, 0.5) is 0 Å². The van der Waals surface area contributed by atoms with Crippen molar-refractivity contribution in [2.45, 2.75) is 26.3 Å². The third-order valence-corrected chi connectivity index (χ3v) is 3.01. The molecule has 1 aromatic carbocycles. The van der Waals surface area contributed by atoms with Gasteiger partial charge in [0.25, 0.3) is 0 Å². The van der Waals surface area contributed by atoms with Crippen LogP contribution in [0.3, 0.4) is 0 Å². The van der Waals surface area contributed by atoms with Gasteiger partial charge in [-0.3, -0.25) is 0 Å². The SMILES string of the molecule is CCc1nccn1CCCOc1cccc(C(=O)O)c1. The van der Waals surface area contributed by atoms with E-state index in [9.17, 15) is 4.79 Å². The number of aromatic nitrogens is 2. The highest BCUT2D eigenvalue weighted by Crippen LogP contribution is 2.13. The van der Waals surface area contributed by atoms with Crippen LogP contribution in [-0.4, -0.2) is 27.2 Å². The van der Waals surface area contributed by atoms with Gasteiger partial charge in [-0.2, -0.15) is 0 Å². The van der Waals surface area contributed by atoms with E-state index in [1.165, 1.54) is 6.07 Å². The molecule has 0 atom stereocenters. The number of carboxylic acid groups (broad SMARTS) is 1. The molecule has 0 saturated heterocycles. The molecule has 2 rings (SSSR count). The van der Waals surface area contributed by atoms with Crippen molar-refractivity contribution >= 4 is 5.97 Å². The van der Waals surface area contributed by atoms with E-state index in [1.54, 1.807) is 24.4 Å². The van der Waals surface area contributed by atoms with Gasteiger partial charge in [-0.25, -0.2) is 9.78 Å². The molecule has 2 aromatic rings. The lowest BCUT2D eigenvalue weighted by Gasteiger charge is -2.08. The molecule has 0 spiro atoms. The highest BCUT2D eigenvalue weighted by molar-refractivity contribution is 5.87. The Labute approximate surface area is 117 Å². The third kappa shape index (κ3) is 3.60. The summed E-state index contributed by atoms with van der Waals surface area (Å²) in [5, 5.41) is 8.90. The molecule has 0 bridgehead atoms. The molecule has 0 aliphatic carbocycles. The highest BCUT2D eigenvalue weighted by Gasteiger charge is 2.04. The van der Waals surface area contributed by atoms with Gasteiger partial charge in [-0.15, -0.1) is 0 Å². The van der Waals surface area contributed by atoms with Gasteiger partial charge in [0, 0.05) is 25.4 Å². The normalized spacial score (nSPS) is 10.4. The molecule has 5 nitrogen and oxygen atoms in total. The van der Waals surface area contributed by atoms with Crippen molar-refractivity contribution in [2.75, 3.05) is 6.61 Å². The number of hydrogen-bond acceptors (Lipinski definition) is 3. The maximum Gasteiger partial charge on any atom is 0.335 e. The Bertz CT molecular complexity index is 578. The number of benzene rings is 1. The zero-order valence-electron chi connectivity index (χ0n) is 11.5. The van der Waals surface area contributed by atoms with Crippen LogP contribution in [0, 0.1) is 0 Å². The van der Waals surface area contributed by atoms with Gasteiger partial charge in [-0.05, 0) is 24.6 Å². The minimum absolute atomic E-state index is 0.241. The van der Waals surface area contributed by atoms with E-state index < -0.39 is 5.97 Å². The van der Waals surface area contributed by atoms with Crippen molar-refractivity contribution in [3.8, 4) is 5.75 Å². The van der Waals surface area contributed by atoms with Gasteiger partial charge in [0.15, 0.2) is 0 Å². The molecular weight excluding hydrogens is 256 g/mol. The van der Waals surface area contributed by atoms with Crippen molar-refractivity contribution in [1.82, 2.24) is 9.55 Å². The van der Waals surface area contributed by atoms with Crippen LogP contribution in [0.1, 0.15) is 29.5 Å². The maximum absolute atomic E-state index is 10.8. The second kappa shape index (κ2) is 6.75. The monoisotopic (exact) mass is 274 g/mol. The number of aryl methyl sites for hydroxylation is 2. The average molecular weight is 274 g/mol. The Balaban J connectivity index is 1.81. The van der Waals surface area contributed by atoms with E-state index in [2.05, 4.69) is 16.5 Å². The predicted octanol–water partition coefficient (Wildman–Crippen LogP) is 2.61. The molecule has 0 unspecified atom stereocenters. The standard InChI is InChI=1S/C15H18N2O3/c1-2-14-16-7-9-17(14)8-4-10-20-13-6-3-5-12(11-13)15(18)19/h3,5-7,9,11H,2,4,8,10H2,1H3,(H,18,19). The van der Waals surface area contributed by atoms with Crippen LogP contribution in [0.15, 0.2) is 36.7 Å². The van der Waals surface area contributed by atoms with Gasteiger partial charge < -0.3 is 14.4 Å². The molecule has 106 valence electrons. The van der Waals surface area contributed by atoms with Gasteiger partial charge in [0.1, 0.15) is 11.6 Å². The van der Waals surface area contributed by atoms with E-state index in [-0.39, 0.29) is 5.56 Å². The number of hydrogen-bond donors (Lipinski definition) is 1. The number of rotatable bonds is 7. The summed E-state index contributed by atoms with van der Waals surface area (Å²) in [6.07, 6.45) is 5.52. The summed E-state index contributed by atoms with van der Waals surface area (Å²) < 4.78 is 7.68. The fraction of sp³-hybridized carbons (Fsp3) is 0.333. The minimum atomic E-state index is -0.943. The molecule has 1 heterocycles. The second-order valence-corrected chi connectivity index (χ2v) is 4.43. The van der Waals surface area contributed by atoms with Crippen molar-refractivity contribution in [3.63, 3.8) is 0 Å². The number of imidazole rings is 1. The van der Waals surface area contributed by atoms with Crippen molar-refractivity contribution in [3.05, 3.63) is 48.0 Å². The molecule has 0 radical (unpaired) electrons. The third-order valence-electron chi connectivity index (χ3n) is 3.01. The first-order valence-electron chi connectivity index (χ1n) is 6.67. The van der Waals surface area contributed by atoms with Crippen LogP contribution in [0.25, 0.3) is 0 Å². The lowest BCUT2D eigenvalue weighted by molar-refractivity contribution is 0.0696. The number of ether oxygens (including phenoxy) is 1. The van der Waals surface area contributed by atoms with Gasteiger partial charge >= 0.3 is 5.97 Å². The summed E-state index contributed by atoms with van der Waals surface area (Å²) in [4.78, 5) is 15.1. The Kier molecular flexibility index (Phi) is 4.76. The number of carboxylic acids is 1. The predicted molar refractivity (Wildman–Crippen MR) is 75.1 cm³/mol. The van der Waals surface area contributed by atoms with E-state index in [1.807, 2.05) is 6.20 Å². The van der Waals surface area contributed by atoms with E-state index in [4.69, 9.17) is 9.84 Å². The van der Waals surface area contributed by atoms with Crippen LogP contribution in [0.5, 0.6) is 5.75 Å². The van der Waals surface area contributed by atoms with Crippen LogP contribution in [0.2, 0.25) is 0 Å². The van der Waals surface area contributed by atoms with Gasteiger partial charge in [-0.1, -0.05) is 13.0 Å². The van der Waals surface area contributed by atoms with Crippen LogP contribution >= 0.6 is 0 Å². The molecule has 0 aliphatic heterocycles. The van der Waals surface area contributed by atoms with Gasteiger partial charge in [0.05, 0.1) is 12.2 Å². The maximum atomic E-state index is 10.8. The lowest BCUT2D eigenvalue weighted by Crippen LogP contribution is -2.07. The quantitative estimate of drug-likeness (QED) is 0.788. The first kappa shape index (κ1) is 14.1. The van der Waals surface area contributed by atoms with E-state index in [0.717, 1.165) is 25.2 Å². The molecule has 5 heteroatoms. The molecule has 0 saturated carbocycles.